The number of benzene rings is 2. The summed E-state index contributed by atoms with van der Waals surface area (Å²) in [6.45, 7) is 1.62. The highest BCUT2D eigenvalue weighted by atomic mass is 16.5. The van der Waals surface area contributed by atoms with Gasteiger partial charge in [-0.25, -0.2) is 0 Å². The largest absolute Gasteiger partial charge is 0.507 e. The lowest BCUT2D eigenvalue weighted by molar-refractivity contribution is 0.173. The first-order chi connectivity index (χ1) is 10.4. The van der Waals surface area contributed by atoms with Crippen LogP contribution in [0.1, 0.15) is 29.2 Å². The average Bonchev–Trinajstić information content (AvgIpc) is 2.49. The van der Waals surface area contributed by atoms with E-state index in [0.29, 0.717) is 35.3 Å². The molecule has 0 aromatic heterocycles. The van der Waals surface area contributed by atoms with Crippen LogP contribution in [0.5, 0.6) is 34.5 Å². The summed E-state index contributed by atoms with van der Waals surface area (Å²) in [6, 6.07) is 4.08. The van der Waals surface area contributed by atoms with Crippen molar-refractivity contribution >= 4 is 0 Å². The van der Waals surface area contributed by atoms with Gasteiger partial charge in [0.15, 0.2) is 17.2 Å². The van der Waals surface area contributed by atoms with Gasteiger partial charge < -0.3 is 30.3 Å². The third kappa shape index (κ3) is 2.13. The van der Waals surface area contributed by atoms with Crippen molar-refractivity contribution in [2.45, 2.75) is 25.9 Å². The standard InChI is InChI=1S/C16H16O6/c1-7-10(17)6-14-9(15(7)20)2-3-13(22-14)8-4-11(18)16(21)12(19)5-8/h4-6,13,17-21H,2-3H2,1H3. The van der Waals surface area contributed by atoms with Gasteiger partial charge in [0.1, 0.15) is 23.4 Å². The number of phenols is 5. The molecule has 3 rings (SSSR count). The second kappa shape index (κ2) is 4.91. The molecule has 0 saturated carbocycles. The monoisotopic (exact) mass is 304 g/mol. The highest BCUT2D eigenvalue weighted by molar-refractivity contribution is 5.57. The molecule has 1 atom stereocenters. The van der Waals surface area contributed by atoms with Crippen LogP contribution in [0, 0.1) is 6.92 Å². The van der Waals surface area contributed by atoms with Gasteiger partial charge in [0, 0.05) is 17.2 Å². The molecule has 22 heavy (non-hydrogen) atoms. The molecule has 116 valence electrons. The second-order valence-electron chi connectivity index (χ2n) is 5.40. The van der Waals surface area contributed by atoms with Crippen LogP contribution in [-0.2, 0) is 6.42 Å². The lowest BCUT2D eigenvalue weighted by Gasteiger charge is -2.28. The van der Waals surface area contributed by atoms with Crippen molar-refractivity contribution in [3.63, 3.8) is 0 Å². The molecule has 2 aromatic carbocycles. The molecule has 0 spiro atoms. The minimum Gasteiger partial charge on any atom is -0.507 e. The van der Waals surface area contributed by atoms with Gasteiger partial charge in [0.2, 0.25) is 0 Å². The third-order valence-corrected chi connectivity index (χ3v) is 3.98. The van der Waals surface area contributed by atoms with Crippen molar-refractivity contribution in [1.82, 2.24) is 0 Å². The van der Waals surface area contributed by atoms with Crippen LogP contribution in [0.3, 0.4) is 0 Å². The number of phenolic OH excluding ortho intramolecular Hbond substituents is 5. The smallest absolute Gasteiger partial charge is 0.200 e. The van der Waals surface area contributed by atoms with E-state index in [1.54, 1.807) is 6.92 Å². The van der Waals surface area contributed by atoms with Gasteiger partial charge in [-0.3, -0.25) is 0 Å². The lowest BCUT2D eigenvalue weighted by Crippen LogP contribution is -2.15. The van der Waals surface area contributed by atoms with E-state index in [1.165, 1.54) is 18.2 Å². The highest BCUT2D eigenvalue weighted by Crippen LogP contribution is 2.45. The first-order valence-electron chi connectivity index (χ1n) is 6.84. The van der Waals surface area contributed by atoms with E-state index in [-0.39, 0.29) is 11.5 Å². The summed E-state index contributed by atoms with van der Waals surface area (Å²) in [5.41, 5.74) is 1.53. The SMILES string of the molecule is Cc1c(O)cc2c(c1O)CCC(c1cc(O)c(O)c(O)c1)O2. The zero-order valence-electron chi connectivity index (χ0n) is 11.9. The molecule has 2 aromatic rings. The predicted octanol–water partition coefficient (Wildman–Crippen LogP) is 2.59. The Balaban J connectivity index is 1.98. The van der Waals surface area contributed by atoms with E-state index in [0.717, 1.165) is 0 Å². The van der Waals surface area contributed by atoms with Crippen LogP contribution in [0.25, 0.3) is 0 Å². The van der Waals surface area contributed by atoms with Crippen LogP contribution < -0.4 is 4.74 Å². The van der Waals surface area contributed by atoms with Gasteiger partial charge in [-0.15, -0.1) is 0 Å². The summed E-state index contributed by atoms with van der Waals surface area (Å²) in [4.78, 5) is 0. The Hall–Kier alpha value is -2.76. The summed E-state index contributed by atoms with van der Waals surface area (Å²) in [5.74, 6) is -1.12. The van der Waals surface area contributed by atoms with E-state index in [4.69, 9.17) is 4.74 Å². The van der Waals surface area contributed by atoms with Gasteiger partial charge in [-0.2, -0.15) is 0 Å². The van der Waals surface area contributed by atoms with Crippen LogP contribution >= 0.6 is 0 Å². The van der Waals surface area contributed by atoms with Crippen molar-refractivity contribution in [2.24, 2.45) is 0 Å². The number of ether oxygens (including phenoxy) is 1. The zero-order chi connectivity index (χ0) is 16.0. The molecular formula is C16H16O6. The van der Waals surface area contributed by atoms with Gasteiger partial charge in [0.25, 0.3) is 0 Å². The van der Waals surface area contributed by atoms with Gasteiger partial charge in [0.05, 0.1) is 0 Å². The van der Waals surface area contributed by atoms with E-state index in [2.05, 4.69) is 0 Å². The molecule has 0 fully saturated rings. The van der Waals surface area contributed by atoms with Crippen molar-refractivity contribution in [2.75, 3.05) is 0 Å². The topological polar surface area (TPSA) is 110 Å². The Bertz CT molecular complexity index is 730. The van der Waals surface area contributed by atoms with Crippen LogP contribution in [0.2, 0.25) is 0 Å². The van der Waals surface area contributed by atoms with Gasteiger partial charge in [-0.05, 0) is 37.5 Å². The fourth-order valence-corrected chi connectivity index (χ4v) is 2.66. The predicted molar refractivity (Wildman–Crippen MR) is 77.6 cm³/mol. The van der Waals surface area contributed by atoms with Crippen LogP contribution in [-0.4, -0.2) is 25.5 Å². The van der Waals surface area contributed by atoms with Crippen molar-refractivity contribution < 1.29 is 30.3 Å². The van der Waals surface area contributed by atoms with Crippen molar-refractivity contribution in [3.8, 4) is 34.5 Å². The molecule has 1 heterocycles. The van der Waals surface area contributed by atoms with Gasteiger partial charge >= 0.3 is 0 Å². The normalized spacial score (nSPS) is 16.9. The molecule has 1 aliphatic rings. The maximum Gasteiger partial charge on any atom is 0.200 e. The van der Waals surface area contributed by atoms with E-state index < -0.39 is 23.4 Å². The Morgan fingerprint density at radius 1 is 0.909 bits per heavy atom. The fourth-order valence-electron chi connectivity index (χ4n) is 2.66. The summed E-state index contributed by atoms with van der Waals surface area (Å²) in [5, 5.41) is 48.4. The third-order valence-electron chi connectivity index (χ3n) is 3.98. The molecule has 6 heteroatoms. The number of aromatic hydroxyl groups is 5. The highest BCUT2D eigenvalue weighted by Gasteiger charge is 2.27. The van der Waals surface area contributed by atoms with Gasteiger partial charge in [-0.1, -0.05) is 0 Å². The average molecular weight is 304 g/mol. The van der Waals surface area contributed by atoms with Crippen LogP contribution in [0.15, 0.2) is 18.2 Å². The Morgan fingerprint density at radius 2 is 1.55 bits per heavy atom. The summed E-state index contributed by atoms with van der Waals surface area (Å²) < 4.78 is 5.76. The van der Waals surface area contributed by atoms with E-state index in [9.17, 15) is 25.5 Å². The molecule has 1 unspecified atom stereocenters. The molecule has 0 amide bonds. The lowest BCUT2D eigenvalue weighted by atomic mass is 9.95. The molecule has 5 N–H and O–H groups in total. The minimum atomic E-state index is -0.578. The number of hydrogen-bond acceptors (Lipinski definition) is 6. The van der Waals surface area contributed by atoms with E-state index in [1.807, 2.05) is 0 Å². The molecule has 0 aliphatic carbocycles. The minimum absolute atomic E-state index is 0.0184. The summed E-state index contributed by atoms with van der Waals surface area (Å²) in [6.07, 6.45) is 0.579. The summed E-state index contributed by atoms with van der Waals surface area (Å²) in [7, 11) is 0. The van der Waals surface area contributed by atoms with Crippen molar-refractivity contribution in [3.05, 3.63) is 34.9 Å². The van der Waals surface area contributed by atoms with Crippen LogP contribution in [0.4, 0.5) is 0 Å². The molecule has 0 radical (unpaired) electrons. The Labute approximate surface area is 126 Å². The molecular weight excluding hydrogens is 288 g/mol. The van der Waals surface area contributed by atoms with Crippen molar-refractivity contribution in [1.29, 1.82) is 0 Å². The van der Waals surface area contributed by atoms with E-state index >= 15 is 0 Å². The molecule has 0 saturated heterocycles. The number of hydrogen-bond donors (Lipinski definition) is 5. The first-order valence-corrected chi connectivity index (χ1v) is 6.84. The maximum absolute atomic E-state index is 10.1. The fraction of sp³-hybridized carbons (Fsp3) is 0.250. The molecule has 1 aliphatic heterocycles. The Morgan fingerprint density at radius 3 is 2.18 bits per heavy atom. The first kappa shape index (κ1) is 14.2. The summed E-state index contributed by atoms with van der Waals surface area (Å²) >= 11 is 0. The molecule has 6 nitrogen and oxygen atoms in total. The number of fused-ring (bicyclic) bond motifs is 1. The maximum atomic E-state index is 10.1. The molecule has 0 bridgehead atoms. The zero-order valence-corrected chi connectivity index (χ0v) is 11.9. The number of rotatable bonds is 1. The quantitative estimate of drug-likeness (QED) is 0.518. The second-order valence-corrected chi connectivity index (χ2v) is 5.40. The Kier molecular flexibility index (Phi) is 3.16.